The molecule has 7 heteroatoms. The fourth-order valence-corrected chi connectivity index (χ4v) is 2.71. The normalized spacial score (nSPS) is 13.3. The van der Waals surface area contributed by atoms with Crippen molar-refractivity contribution in [3.63, 3.8) is 0 Å². The molecule has 0 bridgehead atoms. The lowest BCUT2D eigenvalue weighted by atomic mass is 10.4. The molecular formula is C11H19N3O3S. The molecule has 1 aromatic rings. The average Bonchev–Trinajstić information content (AvgIpc) is 2.29. The molecule has 1 heterocycles. The molecule has 18 heavy (non-hydrogen) atoms. The quantitative estimate of drug-likeness (QED) is 0.769. The average molecular weight is 273 g/mol. The van der Waals surface area contributed by atoms with Crippen molar-refractivity contribution in [3.05, 3.63) is 18.3 Å². The molecule has 1 rings (SSSR count). The van der Waals surface area contributed by atoms with Gasteiger partial charge < -0.3 is 10.1 Å². The molecule has 0 aromatic carbocycles. The highest BCUT2D eigenvalue weighted by Gasteiger charge is 2.17. The first-order valence-corrected chi connectivity index (χ1v) is 7.19. The van der Waals surface area contributed by atoms with E-state index in [1.165, 1.54) is 25.4 Å². The molecule has 1 unspecified atom stereocenters. The highest BCUT2D eigenvalue weighted by Crippen LogP contribution is 2.12. The fourth-order valence-electron chi connectivity index (χ4n) is 1.47. The molecule has 1 atom stereocenters. The molecule has 0 fully saturated rings. The van der Waals surface area contributed by atoms with Gasteiger partial charge in [0.2, 0.25) is 10.0 Å². The van der Waals surface area contributed by atoms with Crippen molar-refractivity contribution in [1.82, 2.24) is 9.71 Å². The van der Waals surface area contributed by atoms with E-state index in [4.69, 9.17) is 4.74 Å². The van der Waals surface area contributed by atoms with E-state index < -0.39 is 10.0 Å². The monoisotopic (exact) mass is 273 g/mol. The van der Waals surface area contributed by atoms with Crippen molar-refractivity contribution < 1.29 is 13.2 Å². The molecule has 1 aromatic heterocycles. The Morgan fingerprint density at radius 1 is 1.50 bits per heavy atom. The van der Waals surface area contributed by atoms with Gasteiger partial charge in [0.1, 0.15) is 5.82 Å². The Morgan fingerprint density at radius 3 is 2.83 bits per heavy atom. The van der Waals surface area contributed by atoms with E-state index in [1.54, 1.807) is 6.92 Å². The summed E-state index contributed by atoms with van der Waals surface area (Å²) in [5.41, 5.74) is 0. The summed E-state index contributed by atoms with van der Waals surface area (Å²) in [5.74, 6) is 0.541. The van der Waals surface area contributed by atoms with Crippen molar-refractivity contribution in [3.8, 4) is 0 Å². The van der Waals surface area contributed by atoms with Crippen LogP contribution in [0.3, 0.4) is 0 Å². The second-order valence-corrected chi connectivity index (χ2v) is 5.60. The van der Waals surface area contributed by atoms with Crippen LogP contribution in [0.15, 0.2) is 23.2 Å². The van der Waals surface area contributed by atoms with E-state index in [-0.39, 0.29) is 10.9 Å². The van der Waals surface area contributed by atoms with E-state index in [9.17, 15) is 8.42 Å². The summed E-state index contributed by atoms with van der Waals surface area (Å²) < 4.78 is 31.5. The Kier molecular flexibility index (Phi) is 5.52. The second-order valence-electron chi connectivity index (χ2n) is 3.88. The summed E-state index contributed by atoms with van der Waals surface area (Å²) >= 11 is 0. The first-order valence-electron chi connectivity index (χ1n) is 5.70. The van der Waals surface area contributed by atoms with Crippen LogP contribution >= 0.6 is 0 Å². The van der Waals surface area contributed by atoms with Crippen LogP contribution in [0.1, 0.15) is 13.8 Å². The zero-order valence-electron chi connectivity index (χ0n) is 10.8. The Bertz CT molecular complexity index is 476. The van der Waals surface area contributed by atoms with Gasteiger partial charge in [-0.3, -0.25) is 0 Å². The summed E-state index contributed by atoms with van der Waals surface area (Å²) in [5, 5.41) is 2.97. The van der Waals surface area contributed by atoms with Crippen molar-refractivity contribution in [1.29, 1.82) is 0 Å². The lowest BCUT2D eigenvalue weighted by molar-refractivity contribution is 0.180. The number of hydrogen-bond acceptors (Lipinski definition) is 5. The number of methoxy groups -OCH3 is 1. The highest BCUT2D eigenvalue weighted by molar-refractivity contribution is 7.89. The van der Waals surface area contributed by atoms with E-state index in [2.05, 4.69) is 15.0 Å². The summed E-state index contributed by atoms with van der Waals surface area (Å²) in [6.45, 7) is 4.67. The largest absolute Gasteiger partial charge is 0.383 e. The molecular weight excluding hydrogens is 254 g/mol. The van der Waals surface area contributed by atoms with Gasteiger partial charge in [-0.15, -0.1) is 0 Å². The van der Waals surface area contributed by atoms with Crippen LogP contribution in [0.5, 0.6) is 0 Å². The summed E-state index contributed by atoms with van der Waals surface area (Å²) in [6.07, 6.45) is 1.47. The van der Waals surface area contributed by atoms with Gasteiger partial charge in [-0.1, -0.05) is 0 Å². The number of ether oxygens (including phenoxy) is 1. The standard InChI is InChI=1S/C11H19N3O3S/c1-4-12-11-7-10(5-6-13-11)18(15,16)14-9(2)8-17-3/h5-7,9,14H,4,8H2,1-3H3,(H,12,13). The van der Waals surface area contributed by atoms with Gasteiger partial charge >= 0.3 is 0 Å². The first kappa shape index (κ1) is 14.9. The van der Waals surface area contributed by atoms with Crippen LogP contribution in [-0.4, -0.2) is 39.7 Å². The minimum Gasteiger partial charge on any atom is -0.383 e. The van der Waals surface area contributed by atoms with Gasteiger partial charge in [0.05, 0.1) is 11.5 Å². The topological polar surface area (TPSA) is 80.3 Å². The lowest BCUT2D eigenvalue weighted by Gasteiger charge is -2.13. The van der Waals surface area contributed by atoms with Crippen molar-refractivity contribution in [2.45, 2.75) is 24.8 Å². The van der Waals surface area contributed by atoms with Gasteiger partial charge in [0.25, 0.3) is 0 Å². The van der Waals surface area contributed by atoms with E-state index >= 15 is 0 Å². The van der Waals surface area contributed by atoms with Gasteiger partial charge in [-0.05, 0) is 19.9 Å². The van der Waals surface area contributed by atoms with Gasteiger partial charge in [-0.2, -0.15) is 0 Å². The number of anilines is 1. The third-order valence-electron chi connectivity index (χ3n) is 2.17. The zero-order chi connectivity index (χ0) is 13.6. The van der Waals surface area contributed by atoms with Crippen molar-refractivity contribution in [2.75, 3.05) is 25.6 Å². The van der Waals surface area contributed by atoms with Crippen LogP contribution in [0.2, 0.25) is 0 Å². The number of nitrogens with one attached hydrogen (secondary N) is 2. The smallest absolute Gasteiger partial charge is 0.241 e. The number of sulfonamides is 1. The third-order valence-corrected chi connectivity index (χ3v) is 3.76. The maximum atomic E-state index is 12.1. The van der Waals surface area contributed by atoms with Crippen LogP contribution in [-0.2, 0) is 14.8 Å². The number of hydrogen-bond donors (Lipinski definition) is 2. The Morgan fingerprint density at radius 2 is 2.22 bits per heavy atom. The van der Waals surface area contributed by atoms with Crippen LogP contribution in [0.4, 0.5) is 5.82 Å². The third kappa shape index (κ3) is 4.25. The predicted molar refractivity (Wildman–Crippen MR) is 70.1 cm³/mol. The summed E-state index contributed by atoms with van der Waals surface area (Å²) in [7, 11) is -2.00. The number of pyridine rings is 1. The minimum atomic E-state index is -3.53. The highest BCUT2D eigenvalue weighted by atomic mass is 32.2. The Balaban J connectivity index is 2.87. The molecule has 0 aliphatic heterocycles. The van der Waals surface area contributed by atoms with Crippen LogP contribution in [0, 0.1) is 0 Å². The molecule has 102 valence electrons. The van der Waals surface area contributed by atoms with E-state index in [0.717, 1.165) is 0 Å². The molecule has 6 nitrogen and oxygen atoms in total. The molecule has 0 saturated carbocycles. The number of aromatic nitrogens is 1. The molecule has 0 aliphatic carbocycles. The van der Waals surface area contributed by atoms with Gasteiger partial charge in [0, 0.05) is 32.0 Å². The molecule has 0 spiro atoms. The van der Waals surface area contributed by atoms with Crippen LogP contribution < -0.4 is 10.0 Å². The molecule has 0 amide bonds. The predicted octanol–water partition coefficient (Wildman–Crippen LogP) is 0.827. The molecule has 0 aliphatic rings. The van der Waals surface area contributed by atoms with Crippen molar-refractivity contribution >= 4 is 15.8 Å². The Hall–Kier alpha value is -1.18. The fraction of sp³-hybridized carbons (Fsp3) is 0.545. The molecule has 0 radical (unpaired) electrons. The SMILES string of the molecule is CCNc1cc(S(=O)(=O)NC(C)COC)ccn1. The molecule has 0 saturated heterocycles. The maximum absolute atomic E-state index is 12.1. The van der Waals surface area contributed by atoms with Crippen molar-refractivity contribution in [2.24, 2.45) is 0 Å². The summed E-state index contributed by atoms with van der Waals surface area (Å²) in [4.78, 5) is 4.22. The maximum Gasteiger partial charge on any atom is 0.241 e. The van der Waals surface area contributed by atoms with Crippen LogP contribution in [0.25, 0.3) is 0 Å². The zero-order valence-corrected chi connectivity index (χ0v) is 11.6. The Labute approximate surface area is 108 Å². The first-order chi connectivity index (χ1) is 8.49. The van der Waals surface area contributed by atoms with E-state index in [0.29, 0.717) is 19.0 Å². The van der Waals surface area contributed by atoms with Gasteiger partial charge in [0.15, 0.2) is 0 Å². The molecule has 2 N–H and O–H groups in total. The number of rotatable bonds is 7. The van der Waals surface area contributed by atoms with E-state index in [1.807, 2.05) is 6.92 Å². The lowest BCUT2D eigenvalue weighted by Crippen LogP contribution is -2.35. The number of nitrogens with zero attached hydrogens (tertiary/aromatic N) is 1. The second kappa shape index (κ2) is 6.67. The minimum absolute atomic E-state index is 0.191. The summed E-state index contributed by atoms with van der Waals surface area (Å²) in [6, 6.07) is 2.68. The van der Waals surface area contributed by atoms with Gasteiger partial charge in [-0.25, -0.2) is 18.1 Å².